The Labute approximate surface area is 43.8 Å². The van der Waals surface area contributed by atoms with Crippen LogP contribution >= 0.6 is 11.6 Å². The van der Waals surface area contributed by atoms with E-state index in [4.69, 9.17) is 0 Å². The maximum atomic E-state index is 2.32. The van der Waals surface area contributed by atoms with Gasteiger partial charge in [-0.2, -0.15) is 0 Å². The summed E-state index contributed by atoms with van der Waals surface area (Å²) in [6.07, 6.45) is 1.39. The van der Waals surface area contributed by atoms with E-state index in [2.05, 4.69) is 13.5 Å². The molecule has 0 unspecified atom stereocenters. The van der Waals surface area contributed by atoms with Crippen molar-refractivity contribution in [2.24, 2.45) is 0 Å². The van der Waals surface area contributed by atoms with Crippen molar-refractivity contribution in [3.63, 3.8) is 0 Å². The first-order chi connectivity index (χ1) is 2.89. The molecule has 1 atom stereocenters. The second kappa shape index (κ2) is 1.92. The second-order valence-corrected chi connectivity index (χ2v) is 2.79. The molecule has 1 aliphatic heterocycles. The first-order valence-corrected chi connectivity index (χ1v) is 3.39. The summed E-state index contributed by atoms with van der Waals surface area (Å²) in [4.78, 5) is 0. The highest BCUT2D eigenvalue weighted by atomic mass is 32.2. The van der Waals surface area contributed by atoms with Crippen LogP contribution in [0.1, 0.15) is 13.3 Å². The highest BCUT2D eigenvalue weighted by molar-refractivity contribution is 8.23. The van der Waals surface area contributed by atoms with Gasteiger partial charge in [0.15, 0.2) is 6.56 Å². The molecule has 1 fully saturated rings. The summed E-state index contributed by atoms with van der Waals surface area (Å²) in [6.45, 7) is 4.58. The van der Waals surface area contributed by atoms with Gasteiger partial charge in [-0.05, 0) is 12.2 Å². The van der Waals surface area contributed by atoms with Crippen molar-refractivity contribution in [2.45, 2.75) is 19.2 Å². The summed E-state index contributed by atoms with van der Waals surface area (Å²) in [5.74, 6) is 2.23. The number of rotatable bonds is 0. The minimum Gasteiger partial charge on any atom is -0.218 e. The standard InChI is InChI=1S/C4H8BS/c1-4-2-3-6-5-4/h4H,2-3H2,1H3/t4-/m0/s1. The Balaban J connectivity index is 2.18. The molecule has 6 heavy (non-hydrogen) atoms. The average molecular weight is 99.0 g/mol. The van der Waals surface area contributed by atoms with E-state index in [1.54, 1.807) is 0 Å². The maximum Gasteiger partial charge on any atom is 0.195 e. The molecule has 0 spiro atoms. The lowest BCUT2D eigenvalue weighted by Gasteiger charge is -1.88. The van der Waals surface area contributed by atoms with Gasteiger partial charge in [-0.1, -0.05) is 12.7 Å². The lowest BCUT2D eigenvalue weighted by atomic mass is 9.87. The van der Waals surface area contributed by atoms with Gasteiger partial charge in [0.05, 0.1) is 0 Å². The molecular weight excluding hydrogens is 90.9 g/mol. The van der Waals surface area contributed by atoms with Crippen LogP contribution in [0.5, 0.6) is 0 Å². The van der Waals surface area contributed by atoms with Crippen LogP contribution in [-0.2, 0) is 0 Å². The molecule has 1 radical (unpaired) electrons. The Kier molecular flexibility index (Phi) is 1.46. The van der Waals surface area contributed by atoms with Crippen LogP contribution in [0.4, 0.5) is 0 Å². The highest BCUT2D eigenvalue weighted by Gasteiger charge is 2.09. The van der Waals surface area contributed by atoms with Crippen LogP contribution in [0.2, 0.25) is 5.82 Å². The van der Waals surface area contributed by atoms with Crippen LogP contribution < -0.4 is 0 Å². The van der Waals surface area contributed by atoms with Crippen molar-refractivity contribution < 1.29 is 0 Å². The first-order valence-electron chi connectivity index (χ1n) is 2.34. The predicted octanol–water partition coefficient (Wildman–Crippen LogP) is 1.55. The fourth-order valence-corrected chi connectivity index (χ4v) is 1.66. The van der Waals surface area contributed by atoms with Gasteiger partial charge in [0.25, 0.3) is 0 Å². The molecule has 0 aromatic rings. The molecule has 0 bridgehead atoms. The van der Waals surface area contributed by atoms with Crippen LogP contribution in [0, 0.1) is 0 Å². The van der Waals surface area contributed by atoms with Crippen LogP contribution in [0.15, 0.2) is 0 Å². The van der Waals surface area contributed by atoms with E-state index < -0.39 is 0 Å². The van der Waals surface area contributed by atoms with E-state index in [0.29, 0.717) is 0 Å². The second-order valence-electron chi connectivity index (χ2n) is 1.77. The van der Waals surface area contributed by atoms with Gasteiger partial charge in [0.1, 0.15) is 0 Å². The Morgan fingerprint density at radius 2 is 2.67 bits per heavy atom. The summed E-state index contributed by atoms with van der Waals surface area (Å²) in [6, 6.07) is 0. The smallest absolute Gasteiger partial charge is 0.195 e. The SMILES string of the molecule is C[C@@H]1[B]SCC1. The van der Waals surface area contributed by atoms with E-state index in [1.165, 1.54) is 12.2 Å². The van der Waals surface area contributed by atoms with Gasteiger partial charge in [0.2, 0.25) is 0 Å². The Bertz CT molecular complexity index is 40.8. The minimum atomic E-state index is 0.884. The summed E-state index contributed by atoms with van der Waals surface area (Å²) in [5, 5.41) is 0. The zero-order valence-electron chi connectivity index (χ0n) is 3.98. The lowest BCUT2D eigenvalue weighted by molar-refractivity contribution is 0.903. The Morgan fingerprint density at radius 1 is 1.83 bits per heavy atom. The van der Waals surface area contributed by atoms with Crippen molar-refractivity contribution in [3.05, 3.63) is 0 Å². The van der Waals surface area contributed by atoms with Gasteiger partial charge in [-0.3, -0.25) is 0 Å². The maximum absolute atomic E-state index is 2.32. The van der Waals surface area contributed by atoms with Gasteiger partial charge >= 0.3 is 0 Å². The summed E-state index contributed by atoms with van der Waals surface area (Å²) in [5.41, 5.74) is 0. The van der Waals surface area contributed by atoms with E-state index in [9.17, 15) is 0 Å². The third-order valence-corrected chi connectivity index (χ3v) is 2.15. The molecule has 0 amide bonds. The molecule has 1 rings (SSSR count). The topological polar surface area (TPSA) is 0 Å². The Hall–Kier alpha value is 0.415. The fourth-order valence-electron chi connectivity index (χ4n) is 0.554. The van der Waals surface area contributed by atoms with Crippen molar-refractivity contribution in [2.75, 3.05) is 5.75 Å². The summed E-state index contributed by atoms with van der Waals surface area (Å²) >= 11 is 1.96. The van der Waals surface area contributed by atoms with E-state index in [-0.39, 0.29) is 0 Å². The molecule has 1 aliphatic rings. The van der Waals surface area contributed by atoms with Crippen molar-refractivity contribution >= 4 is 18.2 Å². The molecule has 0 saturated carbocycles. The van der Waals surface area contributed by atoms with E-state index >= 15 is 0 Å². The predicted molar refractivity (Wildman–Crippen MR) is 32.3 cm³/mol. The molecular formula is C4H8BS. The molecule has 33 valence electrons. The third kappa shape index (κ3) is 0.936. The molecule has 0 aromatic heterocycles. The zero-order chi connectivity index (χ0) is 4.41. The third-order valence-electron chi connectivity index (χ3n) is 1.02. The molecule has 0 aromatic carbocycles. The molecule has 1 saturated heterocycles. The van der Waals surface area contributed by atoms with Crippen molar-refractivity contribution in [3.8, 4) is 0 Å². The normalized spacial score (nSPS) is 33.2. The quantitative estimate of drug-likeness (QED) is 0.415. The number of hydrogen-bond donors (Lipinski definition) is 0. The van der Waals surface area contributed by atoms with Crippen LogP contribution in [-0.4, -0.2) is 12.3 Å². The van der Waals surface area contributed by atoms with Gasteiger partial charge < -0.3 is 0 Å². The minimum absolute atomic E-state index is 0.884. The molecule has 1 heterocycles. The van der Waals surface area contributed by atoms with Crippen LogP contribution in [0.3, 0.4) is 0 Å². The molecule has 0 N–H and O–H groups in total. The van der Waals surface area contributed by atoms with E-state index in [0.717, 1.165) is 5.82 Å². The summed E-state index contributed by atoms with van der Waals surface area (Å²) < 4.78 is 0. The van der Waals surface area contributed by atoms with Crippen molar-refractivity contribution in [1.82, 2.24) is 0 Å². The number of hydrogen-bond acceptors (Lipinski definition) is 1. The first kappa shape index (κ1) is 4.57. The zero-order valence-corrected chi connectivity index (χ0v) is 4.79. The van der Waals surface area contributed by atoms with Gasteiger partial charge in [0, 0.05) is 0 Å². The average Bonchev–Trinajstić information content (AvgIpc) is 1.86. The Morgan fingerprint density at radius 3 is 2.83 bits per heavy atom. The molecule has 0 aliphatic carbocycles. The lowest BCUT2D eigenvalue weighted by Crippen LogP contribution is -1.81. The van der Waals surface area contributed by atoms with Gasteiger partial charge in [-0.25, -0.2) is 11.6 Å². The largest absolute Gasteiger partial charge is 0.218 e. The highest BCUT2D eigenvalue weighted by Crippen LogP contribution is 2.24. The monoisotopic (exact) mass is 99.0 g/mol. The van der Waals surface area contributed by atoms with Crippen molar-refractivity contribution in [1.29, 1.82) is 0 Å². The summed E-state index contributed by atoms with van der Waals surface area (Å²) in [7, 11) is 0. The fraction of sp³-hybridized carbons (Fsp3) is 1.00. The van der Waals surface area contributed by atoms with Crippen LogP contribution in [0.25, 0.3) is 0 Å². The van der Waals surface area contributed by atoms with E-state index in [1.807, 2.05) is 11.6 Å². The molecule has 0 nitrogen and oxygen atoms in total. The van der Waals surface area contributed by atoms with Gasteiger partial charge in [-0.15, -0.1) is 0 Å². The molecule has 2 heteroatoms.